The van der Waals surface area contributed by atoms with Crippen LogP contribution in [0, 0.1) is 5.41 Å². The predicted octanol–water partition coefficient (Wildman–Crippen LogP) is 3.15. The van der Waals surface area contributed by atoms with Crippen molar-refractivity contribution in [3.05, 3.63) is 28.2 Å². The zero-order valence-corrected chi connectivity index (χ0v) is 14.4. The van der Waals surface area contributed by atoms with Crippen molar-refractivity contribution < 1.29 is 9.59 Å². The third-order valence-corrected chi connectivity index (χ3v) is 5.09. The number of imide groups is 1. The lowest BCUT2D eigenvalue weighted by atomic mass is 9.81. The van der Waals surface area contributed by atoms with E-state index in [1.165, 1.54) is 4.90 Å². The maximum atomic E-state index is 12.7. The second kappa shape index (κ2) is 5.85. The summed E-state index contributed by atoms with van der Waals surface area (Å²) < 4.78 is 0.637. The molecule has 1 aromatic rings. The second-order valence-corrected chi connectivity index (χ2v) is 6.52. The number of carbonyl (C=O) groups excluding carboxylic acids is 2. The van der Waals surface area contributed by atoms with Crippen LogP contribution in [0.4, 0.5) is 5.69 Å². The van der Waals surface area contributed by atoms with Gasteiger partial charge in [0.05, 0.1) is 11.1 Å². The summed E-state index contributed by atoms with van der Waals surface area (Å²) in [5.41, 5.74) is 6.26. The van der Waals surface area contributed by atoms with Crippen LogP contribution in [0.3, 0.4) is 0 Å². The lowest BCUT2D eigenvalue weighted by Crippen LogP contribution is -2.35. The van der Waals surface area contributed by atoms with Gasteiger partial charge in [-0.3, -0.25) is 9.59 Å². The highest BCUT2D eigenvalue weighted by Gasteiger charge is 2.50. The first-order chi connectivity index (χ1) is 9.86. The molecule has 1 fully saturated rings. The summed E-state index contributed by atoms with van der Waals surface area (Å²) in [6, 6.07) is 5.16. The number of hydrogen-bond donors (Lipinski definition) is 1. The van der Waals surface area contributed by atoms with Gasteiger partial charge < -0.3 is 5.73 Å². The minimum absolute atomic E-state index is 0.124. The molecule has 2 amide bonds. The van der Waals surface area contributed by atoms with Crippen molar-refractivity contribution in [3.8, 4) is 0 Å². The molecular formula is C15H17BrN2O2S. The van der Waals surface area contributed by atoms with Gasteiger partial charge in [0, 0.05) is 16.5 Å². The average molecular weight is 369 g/mol. The fourth-order valence-corrected chi connectivity index (χ4v) is 3.37. The number of carbonyl (C=O) groups is 2. The van der Waals surface area contributed by atoms with Crippen LogP contribution in [0.2, 0.25) is 0 Å². The smallest absolute Gasteiger partial charge is 0.240 e. The van der Waals surface area contributed by atoms with Crippen molar-refractivity contribution in [2.75, 3.05) is 4.90 Å². The molecule has 1 aromatic carbocycles. The zero-order chi connectivity index (χ0) is 15.8. The Morgan fingerprint density at radius 1 is 1.38 bits per heavy atom. The maximum Gasteiger partial charge on any atom is 0.240 e. The van der Waals surface area contributed by atoms with Crippen LogP contribution in [-0.4, -0.2) is 16.8 Å². The normalized spacial score (nSPS) is 17.4. The summed E-state index contributed by atoms with van der Waals surface area (Å²) in [5, 5.41) is 0. The second-order valence-electron chi connectivity index (χ2n) is 5.23. The Hall–Kier alpha value is -1.27. The van der Waals surface area contributed by atoms with E-state index in [1.54, 1.807) is 18.2 Å². The monoisotopic (exact) mass is 368 g/mol. The molecule has 0 bridgehead atoms. The molecule has 4 nitrogen and oxygen atoms in total. The minimum atomic E-state index is -0.571. The van der Waals surface area contributed by atoms with E-state index in [0.717, 1.165) is 0 Å². The van der Waals surface area contributed by atoms with E-state index in [-0.39, 0.29) is 23.2 Å². The Labute approximate surface area is 137 Å². The maximum absolute atomic E-state index is 12.7. The molecule has 0 saturated carbocycles. The van der Waals surface area contributed by atoms with Crippen molar-refractivity contribution in [2.24, 2.45) is 11.1 Å². The summed E-state index contributed by atoms with van der Waals surface area (Å²) in [4.78, 5) is 26.6. The number of hydrogen-bond acceptors (Lipinski definition) is 3. The lowest BCUT2D eigenvalue weighted by Gasteiger charge is -2.24. The van der Waals surface area contributed by atoms with Crippen molar-refractivity contribution in [1.82, 2.24) is 0 Å². The highest BCUT2D eigenvalue weighted by atomic mass is 79.9. The highest BCUT2D eigenvalue weighted by Crippen LogP contribution is 2.43. The van der Waals surface area contributed by atoms with Gasteiger partial charge in [0.15, 0.2) is 0 Å². The number of halogens is 1. The number of nitrogens with two attached hydrogens (primary N) is 1. The number of anilines is 1. The van der Waals surface area contributed by atoms with Gasteiger partial charge in [-0.1, -0.05) is 26.1 Å². The molecule has 1 heterocycles. The SMILES string of the molecule is CCC1(CC)CC(=O)N(c2ccc(C(N)=S)cc2Br)C1=O. The Bertz CT molecular complexity index is 626. The molecule has 0 spiro atoms. The number of thiocarbonyl (C=S) groups is 1. The van der Waals surface area contributed by atoms with Crippen LogP contribution in [0.5, 0.6) is 0 Å². The number of benzene rings is 1. The van der Waals surface area contributed by atoms with E-state index in [2.05, 4.69) is 15.9 Å². The quantitative estimate of drug-likeness (QED) is 0.654. The Morgan fingerprint density at radius 2 is 2.00 bits per heavy atom. The zero-order valence-electron chi connectivity index (χ0n) is 12.0. The molecule has 21 heavy (non-hydrogen) atoms. The molecule has 1 aliphatic rings. The van der Waals surface area contributed by atoms with Crippen LogP contribution in [0.25, 0.3) is 0 Å². The van der Waals surface area contributed by atoms with Crippen molar-refractivity contribution in [1.29, 1.82) is 0 Å². The van der Waals surface area contributed by atoms with Crippen LogP contribution in [0.1, 0.15) is 38.7 Å². The molecule has 0 atom stereocenters. The fraction of sp³-hybridized carbons (Fsp3) is 0.400. The van der Waals surface area contributed by atoms with Gasteiger partial charge in [-0.2, -0.15) is 0 Å². The average Bonchev–Trinajstić information content (AvgIpc) is 2.70. The first-order valence-corrected chi connectivity index (χ1v) is 8.03. The van der Waals surface area contributed by atoms with Gasteiger partial charge in [0.2, 0.25) is 11.8 Å². The number of nitrogens with zero attached hydrogens (tertiary/aromatic N) is 1. The van der Waals surface area contributed by atoms with E-state index in [0.29, 0.717) is 28.6 Å². The topological polar surface area (TPSA) is 63.4 Å². The van der Waals surface area contributed by atoms with Crippen LogP contribution < -0.4 is 10.6 Å². The van der Waals surface area contributed by atoms with E-state index >= 15 is 0 Å². The number of amides is 2. The fourth-order valence-electron chi connectivity index (χ4n) is 2.68. The Kier molecular flexibility index (Phi) is 4.49. The summed E-state index contributed by atoms with van der Waals surface area (Å²) in [6.45, 7) is 3.90. The molecule has 1 aliphatic heterocycles. The van der Waals surface area contributed by atoms with Crippen molar-refractivity contribution >= 4 is 50.6 Å². The van der Waals surface area contributed by atoms with Gasteiger partial charge in [0.25, 0.3) is 0 Å². The van der Waals surface area contributed by atoms with Crippen LogP contribution in [-0.2, 0) is 9.59 Å². The van der Waals surface area contributed by atoms with Gasteiger partial charge in [-0.05, 0) is 47.0 Å². The van der Waals surface area contributed by atoms with Crippen LogP contribution in [0.15, 0.2) is 22.7 Å². The van der Waals surface area contributed by atoms with E-state index < -0.39 is 5.41 Å². The van der Waals surface area contributed by atoms with Gasteiger partial charge >= 0.3 is 0 Å². The number of rotatable bonds is 4. The summed E-state index contributed by atoms with van der Waals surface area (Å²) in [6.07, 6.45) is 1.59. The summed E-state index contributed by atoms with van der Waals surface area (Å²) >= 11 is 8.33. The van der Waals surface area contributed by atoms with Crippen LogP contribution >= 0.6 is 28.1 Å². The molecule has 0 aliphatic carbocycles. The molecule has 112 valence electrons. The highest BCUT2D eigenvalue weighted by molar-refractivity contribution is 9.10. The first kappa shape index (κ1) is 16.1. The minimum Gasteiger partial charge on any atom is -0.389 e. The van der Waals surface area contributed by atoms with Gasteiger partial charge in [-0.25, -0.2) is 4.90 Å². The Balaban J connectivity index is 2.45. The molecular weight excluding hydrogens is 352 g/mol. The van der Waals surface area contributed by atoms with Gasteiger partial charge in [-0.15, -0.1) is 0 Å². The van der Waals surface area contributed by atoms with Crippen molar-refractivity contribution in [3.63, 3.8) is 0 Å². The van der Waals surface area contributed by atoms with Crippen molar-refractivity contribution in [2.45, 2.75) is 33.1 Å². The third-order valence-electron chi connectivity index (χ3n) is 4.22. The molecule has 0 unspecified atom stereocenters. The molecule has 1 saturated heterocycles. The largest absolute Gasteiger partial charge is 0.389 e. The molecule has 6 heteroatoms. The van der Waals surface area contributed by atoms with E-state index in [9.17, 15) is 9.59 Å². The van der Waals surface area contributed by atoms with Gasteiger partial charge in [0.1, 0.15) is 4.99 Å². The summed E-state index contributed by atoms with van der Waals surface area (Å²) in [7, 11) is 0. The molecule has 0 radical (unpaired) electrons. The molecule has 0 aromatic heterocycles. The standard InChI is InChI=1S/C15H17BrN2O2S/c1-3-15(4-2)8-12(19)18(14(15)20)11-6-5-9(13(17)21)7-10(11)16/h5-7H,3-4,8H2,1-2H3,(H2,17,21). The summed E-state index contributed by atoms with van der Waals surface area (Å²) in [5.74, 6) is -0.284. The van der Waals surface area contributed by atoms with E-state index in [1.807, 2.05) is 13.8 Å². The third kappa shape index (κ3) is 2.62. The lowest BCUT2D eigenvalue weighted by molar-refractivity contribution is -0.126. The van der Waals surface area contributed by atoms with E-state index in [4.69, 9.17) is 18.0 Å². The molecule has 2 N–H and O–H groups in total. The Morgan fingerprint density at radius 3 is 2.43 bits per heavy atom. The predicted molar refractivity (Wildman–Crippen MR) is 90.2 cm³/mol. The molecule has 2 rings (SSSR count). The first-order valence-electron chi connectivity index (χ1n) is 6.83.